The molecule has 9 heavy (non-hydrogen) atoms. The molecule has 50 valence electrons. The van der Waals surface area contributed by atoms with Crippen molar-refractivity contribution in [1.82, 2.24) is 0 Å². The van der Waals surface area contributed by atoms with E-state index in [1.165, 1.54) is 25.7 Å². The standard InChI is InChI=1S/C9H14/c1-2-7-5-6-9(7)8-3-4-8/h2,7-9H,1,3-6H2/t7-,9+/m0/s1. The first-order valence-corrected chi connectivity index (χ1v) is 4.04. The van der Waals surface area contributed by atoms with Gasteiger partial charge in [-0.2, -0.15) is 0 Å². The fourth-order valence-electron chi connectivity index (χ4n) is 1.95. The van der Waals surface area contributed by atoms with Crippen molar-refractivity contribution in [2.24, 2.45) is 17.8 Å². The summed E-state index contributed by atoms with van der Waals surface area (Å²) in [6.07, 6.45) is 8.09. The Morgan fingerprint density at radius 3 is 2.22 bits per heavy atom. The molecule has 0 spiro atoms. The fraction of sp³-hybridized carbons (Fsp3) is 0.778. The maximum atomic E-state index is 3.84. The largest absolute Gasteiger partial charge is 0.103 e. The minimum atomic E-state index is 0.900. The topological polar surface area (TPSA) is 0 Å². The minimum absolute atomic E-state index is 0.900. The highest BCUT2D eigenvalue weighted by atomic mass is 14.4. The first-order valence-electron chi connectivity index (χ1n) is 4.04. The quantitative estimate of drug-likeness (QED) is 0.494. The van der Waals surface area contributed by atoms with Gasteiger partial charge in [-0.05, 0) is 43.4 Å². The van der Waals surface area contributed by atoms with Crippen LogP contribution in [0.15, 0.2) is 12.7 Å². The summed E-state index contributed by atoms with van der Waals surface area (Å²) < 4.78 is 0. The molecule has 0 aromatic carbocycles. The average Bonchev–Trinajstić information content (AvgIpc) is 2.48. The van der Waals surface area contributed by atoms with Crippen LogP contribution in [0.1, 0.15) is 25.7 Å². The third-order valence-corrected chi connectivity index (χ3v) is 2.91. The molecule has 2 rings (SSSR count). The number of rotatable bonds is 2. The van der Waals surface area contributed by atoms with Crippen LogP contribution in [0, 0.1) is 17.8 Å². The molecule has 0 aromatic heterocycles. The van der Waals surface area contributed by atoms with Crippen LogP contribution in [0.3, 0.4) is 0 Å². The fourth-order valence-corrected chi connectivity index (χ4v) is 1.95. The van der Waals surface area contributed by atoms with Gasteiger partial charge in [0.1, 0.15) is 0 Å². The summed E-state index contributed by atoms with van der Waals surface area (Å²) in [6.45, 7) is 3.84. The van der Waals surface area contributed by atoms with Crippen LogP contribution < -0.4 is 0 Å². The van der Waals surface area contributed by atoms with E-state index >= 15 is 0 Å². The lowest BCUT2D eigenvalue weighted by atomic mass is 9.71. The first-order chi connectivity index (χ1) is 4.42. The number of hydrogen-bond acceptors (Lipinski definition) is 0. The highest BCUT2D eigenvalue weighted by Crippen LogP contribution is 2.50. The second kappa shape index (κ2) is 1.86. The summed E-state index contributed by atoms with van der Waals surface area (Å²) in [5.74, 6) is 3.07. The zero-order valence-corrected chi connectivity index (χ0v) is 5.84. The van der Waals surface area contributed by atoms with Crippen LogP contribution in [-0.4, -0.2) is 0 Å². The van der Waals surface area contributed by atoms with Crippen molar-refractivity contribution in [1.29, 1.82) is 0 Å². The lowest BCUT2D eigenvalue weighted by Crippen LogP contribution is -2.25. The van der Waals surface area contributed by atoms with Crippen LogP contribution in [-0.2, 0) is 0 Å². The Hall–Kier alpha value is -0.260. The average molecular weight is 122 g/mol. The summed E-state index contributed by atoms with van der Waals surface area (Å²) in [7, 11) is 0. The number of allylic oxidation sites excluding steroid dienone is 1. The molecule has 2 atom stereocenters. The van der Waals surface area contributed by atoms with E-state index < -0.39 is 0 Å². The van der Waals surface area contributed by atoms with Crippen molar-refractivity contribution in [3.05, 3.63) is 12.7 Å². The lowest BCUT2D eigenvalue weighted by molar-refractivity contribution is 0.197. The van der Waals surface area contributed by atoms with E-state index in [1.54, 1.807) is 0 Å². The smallest absolute Gasteiger partial charge is 0.0205 e. The highest BCUT2D eigenvalue weighted by Gasteiger charge is 2.40. The van der Waals surface area contributed by atoms with Crippen molar-refractivity contribution >= 4 is 0 Å². The van der Waals surface area contributed by atoms with E-state index in [1.807, 2.05) is 0 Å². The molecule has 0 unspecified atom stereocenters. The zero-order chi connectivity index (χ0) is 6.27. The van der Waals surface area contributed by atoms with E-state index in [0.717, 1.165) is 17.8 Å². The molecule has 2 saturated carbocycles. The molecular formula is C9H14. The molecule has 0 heterocycles. The molecule has 0 nitrogen and oxygen atoms in total. The second-order valence-corrected chi connectivity index (χ2v) is 3.48. The van der Waals surface area contributed by atoms with Gasteiger partial charge in [-0.15, -0.1) is 6.58 Å². The van der Waals surface area contributed by atoms with Crippen molar-refractivity contribution in [3.8, 4) is 0 Å². The van der Waals surface area contributed by atoms with Crippen molar-refractivity contribution in [3.63, 3.8) is 0 Å². The van der Waals surface area contributed by atoms with E-state index in [4.69, 9.17) is 0 Å². The Kier molecular flexibility index (Phi) is 1.14. The summed E-state index contributed by atoms with van der Waals surface area (Å²) in [4.78, 5) is 0. The molecule has 0 bridgehead atoms. The van der Waals surface area contributed by atoms with Gasteiger partial charge in [0.15, 0.2) is 0 Å². The molecule has 0 N–H and O–H groups in total. The van der Waals surface area contributed by atoms with Crippen LogP contribution >= 0.6 is 0 Å². The van der Waals surface area contributed by atoms with Gasteiger partial charge in [0.25, 0.3) is 0 Å². The molecular weight excluding hydrogens is 108 g/mol. The second-order valence-electron chi connectivity index (χ2n) is 3.48. The Labute approximate surface area is 57.0 Å². The van der Waals surface area contributed by atoms with E-state index in [2.05, 4.69) is 12.7 Å². The predicted molar refractivity (Wildman–Crippen MR) is 39.1 cm³/mol. The van der Waals surface area contributed by atoms with Crippen LogP contribution in [0.2, 0.25) is 0 Å². The Morgan fingerprint density at radius 1 is 1.11 bits per heavy atom. The minimum Gasteiger partial charge on any atom is -0.103 e. The maximum absolute atomic E-state index is 3.84. The normalized spacial score (nSPS) is 41.8. The van der Waals surface area contributed by atoms with Crippen molar-refractivity contribution in [2.75, 3.05) is 0 Å². The summed E-state index contributed by atoms with van der Waals surface area (Å²) >= 11 is 0. The Balaban J connectivity index is 1.90. The molecule has 2 aliphatic carbocycles. The molecule has 0 aromatic rings. The molecule has 0 radical (unpaired) electrons. The van der Waals surface area contributed by atoms with Gasteiger partial charge in [-0.1, -0.05) is 6.08 Å². The third kappa shape index (κ3) is 0.810. The molecule has 0 saturated heterocycles. The van der Waals surface area contributed by atoms with E-state index in [0.29, 0.717) is 0 Å². The lowest BCUT2D eigenvalue weighted by Gasteiger charge is -2.34. The molecule has 2 fully saturated rings. The predicted octanol–water partition coefficient (Wildman–Crippen LogP) is 2.61. The third-order valence-electron chi connectivity index (χ3n) is 2.91. The summed E-state index contributed by atoms with van der Waals surface area (Å²) in [6, 6.07) is 0. The summed E-state index contributed by atoms with van der Waals surface area (Å²) in [5.41, 5.74) is 0. The molecule has 0 aliphatic heterocycles. The molecule has 0 heteroatoms. The number of hydrogen-bond donors (Lipinski definition) is 0. The highest BCUT2D eigenvalue weighted by molar-refractivity contribution is 4.98. The van der Waals surface area contributed by atoms with Gasteiger partial charge < -0.3 is 0 Å². The molecule has 2 aliphatic rings. The van der Waals surface area contributed by atoms with Gasteiger partial charge in [0.2, 0.25) is 0 Å². The van der Waals surface area contributed by atoms with Crippen LogP contribution in [0.4, 0.5) is 0 Å². The van der Waals surface area contributed by atoms with Gasteiger partial charge in [0, 0.05) is 0 Å². The van der Waals surface area contributed by atoms with Crippen molar-refractivity contribution < 1.29 is 0 Å². The zero-order valence-electron chi connectivity index (χ0n) is 5.84. The Morgan fingerprint density at radius 2 is 1.89 bits per heavy atom. The van der Waals surface area contributed by atoms with Crippen LogP contribution in [0.25, 0.3) is 0 Å². The van der Waals surface area contributed by atoms with Crippen molar-refractivity contribution in [2.45, 2.75) is 25.7 Å². The summed E-state index contributed by atoms with van der Waals surface area (Å²) in [5, 5.41) is 0. The Bertz CT molecular complexity index is 122. The SMILES string of the molecule is C=C[C@H]1CC[C@H]1C1CC1. The van der Waals surface area contributed by atoms with Crippen LogP contribution in [0.5, 0.6) is 0 Å². The van der Waals surface area contributed by atoms with Gasteiger partial charge >= 0.3 is 0 Å². The first kappa shape index (κ1) is 5.52. The maximum Gasteiger partial charge on any atom is -0.0205 e. The van der Waals surface area contributed by atoms with Gasteiger partial charge in [0.05, 0.1) is 0 Å². The van der Waals surface area contributed by atoms with E-state index in [9.17, 15) is 0 Å². The van der Waals surface area contributed by atoms with Gasteiger partial charge in [-0.3, -0.25) is 0 Å². The monoisotopic (exact) mass is 122 g/mol. The molecule has 0 amide bonds. The van der Waals surface area contributed by atoms with E-state index in [-0.39, 0.29) is 0 Å². The van der Waals surface area contributed by atoms with Gasteiger partial charge in [-0.25, -0.2) is 0 Å².